The highest BCUT2D eigenvalue weighted by Crippen LogP contribution is 2.33. The van der Waals surface area contributed by atoms with Gasteiger partial charge in [-0.05, 0) is 31.0 Å². The zero-order valence-electron chi connectivity index (χ0n) is 15.8. The van der Waals surface area contributed by atoms with Gasteiger partial charge in [0, 0.05) is 25.1 Å². The van der Waals surface area contributed by atoms with E-state index in [1.807, 2.05) is 0 Å². The predicted molar refractivity (Wildman–Crippen MR) is 105 cm³/mol. The van der Waals surface area contributed by atoms with E-state index >= 15 is 0 Å². The number of benzene rings is 1. The quantitative estimate of drug-likeness (QED) is 0.641. The first kappa shape index (κ1) is 20.2. The number of carbonyl (C=O) groups excluding carboxylic acids is 1. The molecule has 0 bridgehead atoms. The molecule has 2 aromatic heterocycles. The third-order valence-corrected chi connectivity index (χ3v) is 6.33. The lowest BCUT2D eigenvalue weighted by Gasteiger charge is -2.28. The molecule has 1 saturated carbocycles. The summed E-state index contributed by atoms with van der Waals surface area (Å²) in [6.45, 7) is 0. The van der Waals surface area contributed by atoms with E-state index in [9.17, 15) is 22.0 Å². The Labute approximate surface area is 171 Å². The molecule has 1 amide bonds. The molecule has 1 aliphatic rings. The lowest BCUT2D eigenvalue weighted by molar-refractivity contribution is -0.0399. The highest BCUT2D eigenvalue weighted by atomic mass is 32.2. The van der Waals surface area contributed by atoms with Crippen LogP contribution in [0.5, 0.6) is 0 Å². The minimum atomic E-state index is -3.85. The lowest BCUT2D eigenvalue weighted by Crippen LogP contribution is -2.40. The van der Waals surface area contributed by atoms with Gasteiger partial charge in [-0.15, -0.1) is 0 Å². The number of carbonyl (C=O) groups is 1. The van der Waals surface area contributed by atoms with Crippen molar-refractivity contribution in [2.45, 2.75) is 42.5 Å². The van der Waals surface area contributed by atoms with Gasteiger partial charge in [0.2, 0.25) is 5.92 Å². The third-order valence-electron chi connectivity index (χ3n) is 4.96. The molecule has 1 aliphatic carbocycles. The maximum absolute atomic E-state index is 13.3. The van der Waals surface area contributed by atoms with Crippen LogP contribution in [-0.2, 0) is 10.0 Å². The van der Waals surface area contributed by atoms with E-state index in [1.165, 1.54) is 35.1 Å². The molecule has 2 heterocycles. The van der Waals surface area contributed by atoms with Gasteiger partial charge in [0.15, 0.2) is 5.65 Å². The molecule has 4 rings (SSSR count). The Morgan fingerprint density at radius 1 is 1.13 bits per heavy atom. The van der Waals surface area contributed by atoms with E-state index in [1.54, 1.807) is 18.2 Å². The number of nitrogens with zero attached hydrogens (tertiary/aromatic N) is 3. The minimum Gasteiger partial charge on any atom is -0.349 e. The van der Waals surface area contributed by atoms with Gasteiger partial charge in [0.1, 0.15) is 11.4 Å². The molecular formula is C19H19F2N5O3S. The normalized spacial score (nSPS) is 17.0. The SMILES string of the molecule is O=C(NC1CCC(F)(F)CC1)c1cnn2ccc(NS(=O)(=O)c3ccccc3)nc12. The van der Waals surface area contributed by atoms with Crippen molar-refractivity contribution >= 4 is 27.4 Å². The molecule has 0 unspecified atom stereocenters. The fraction of sp³-hybridized carbons (Fsp3) is 0.316. The fourth-order valence-electron chi connectivity index (χ4n) is 3.33. The summed E-state index contributed by atoms with van der Waals surface area (Å²) in [5.74, 6) is -3.15. The van der Waals surface area contributed by atoms with Crippen LogP contribution < -0.4 is 10.0 Å². The summed E-state index contributed by atoms with van der Waals surface area (Å²) in [7, 11) is -3.85. The Morgan fingerprint density at radius 2 is 1.83 bits per heavy atom. The van der Waals surface area contributed by atoms with Crippen LogP contribution in [0.25, 0.3) is 5.65 Å². The van der Waals surface area contributed by atoms with Crippen LogP contribution >= 0.6 is 0 Å². The summed E-state index contributed by atoms with van der Waals surface area (Å²) in [6.07, 6.45) is 2.63. The lowest BCUT2D eigenvalue weighted by atomic mass is 9.92. The molecule has 1 fully saturated rings. The summed E-state index contributed by atoms with van der Waals surface area (Å²) >= 11 is 0. The zero-order valence-corrected chi connectivity index (χ0v) is 16.6. The number of rotatable bonds is 5. The van der Waals surface area contributed by atoms with E-state index in [0.717, 1.165) is 0 Å². The smallest absolute Gasteiger partial charge is 0.263 e. The molecule has 30 heavy (non-hydrogen) atoms. The van der Waals surface area contributed by atoms with Gasteiger partial charge in [0.25, 0.3) is 15.9 Å². The maximum Gasteiger partial charge on any atom is 0.263 e. The van der Waals surface area contributed by atoms with Crippen LogP contribution in [0, 0.1) is 0 Å². The van der Waals surface area contributed by atoms with Gasteiger partial charge >= 0.3 is 0 Å². The van der Waals surface area contributed by atoms with E-state index in [0.29, 0.717) is 0 Å². The molecule has 11 heteroatoms. The Kier molecular flexibility index (Phi) is 5.14. The van der Waals surface area contributed by atoms with Gasteiger partial charge < -0.3 is 5.32 Å². The predicted octanol–water partition coefficient (Wildman–Crippen LogP) is 2.84. The third kappa shape index (κ3) is 4.25. The number of aromatic nitrogens is 3. The van der Waals surface area contributed by atoms with Gasteiger partial charge in [-0.1, -0.05) is 18.2 Å². The summed E-state index contributed by atoms with van der Waals surface area (Å²) < 4.78 is 55.3. The number of alkyl halides is 2. The second-order valence-corrected chi connectivity index (χ2v) is 8.84. The first-order valence-corrected chi connectivity index (χ1v) is 10.8. The van der Waals surface area contributed by atoms with Crippen molar-refractivity contribution in [2.75, 3.05) is 4.72 Å². The molecule has 158 valence electrons. The molecular weight excluding hydrogens is 416 g/mol. The second kappa shape index (κ2) is 7.63. The van der Waals surface area contributed by atoms with Crippen molar-refractivity contribution in [1.29, 1.82) is 0 Å². The number of fused-ring (bicyclic) bond motifs is 1. The molecule has 1 aromatic carbocycles. The van der Waals surface area contributed by atoms with Gasteiger partial charge in [-0.25, -0.2) is 26.7 Å². The fourth-order valence-corrected chi connectivity index (χ4v) is 4.35. The highest BCUT2D eigenvalue weighted by Gasteiger charge is 2.35. The van der Waals surface area contributed by atoms with Crippen molar-refractivity contribution in [3.63, 3.8) is 0 Å². The number of halogens is 2. The van der Waals surface area contributed by atoms with Gasteiger partial charge in [0.05, 0.1) is 11.1 Å². The van der Waals surface area contributed by atoms with E-state index in [2.05, 4.69) is 20.1 Å². The number of amides is 1. The van der Waals surface area contributed by atoms with E-state index < -0.39 is 21.9 Å². The average Bonchev–Trinajstić information content (AvgIpc) is 3.13. The Hall–Kier alpha value is -3.08. The standard InChI is InChI=1S/C19H19F2N5O3S/c20-19(21)9-6-13(7-10-19)23-18(27)15-12-22-26-11-8-16(24-17(15)26)25-30(28,29)14-4-2-1-3-5-14/h1-5,8,11-13H,6-7,9-10H2,(H,23,27)(H,24,25). The van der Waals surface area contributed by atoms with Crippen LogP contribution in [0.1, 0.15) is 36.0 Å². The minimum absolute atomic E-state index is 0.0261. The zero-order chi connectivity index (χ0) is 21.4. The monoisotopic (exact) mass is 435 g/mol. The highest BCUT2D eigenvalue weighted by molar-refractivity contribution is 7.92. The summed E-state index contributed by atoms with van der Waals surface area (Å²) in [6, 6.07) is 8.88. The topological polar surface area (TPSA) is 105 Å². The molecule has 0 aliphatic heterocycles. The van der Waals surface area contributed by atoms with Crippen LogP contribution in [0.3, 0.4) is 0 Å². The number of nitrogens with one attached hydrogen (secondary N) is 2. The first-order valence-electron chi connectivity index (χ1n) is 9.34. The number of sulfonamides is 1. The number of anilines is 1. The van der Waals surface area contributed by atoms with E-state index in [-0.39, 0.29) is 53.6 Å². The van der Waals surface area contributed by atoms with Gasteiger partial charge in [-0.2, -0.15) is 5.10 Å². The molecule has 0 radical (unpaired) electrons. The Morgan fingerprint density at radius 3 is 2.53 bits per heavy atom. The Bertz CT molecular complexity index is 1170. The first-order chi connectivity index (χ1) is 14.2. The molecule has 8 nitrogen and oxygen atoms in total. The van der Waals surface area contributed by atoms with E-state index in [4.69, 9.17) is 0 Å². The van der Waals surface area contributed by atoms with Crippen molar-refractivity contribution in [3.8, 4) is 0 Å². The van der Waals surface area contributed by atoms with Crippen LogP contribution in [-0.4, -0.2) is 40.9 Å². The van der Waals surface area contributed by atoms with Crippen molar-refractivity contribution in [2.24, 2.45) is 0 Å². The molecule has 0 saturated heterocycles. The number of hydrogen-bond donors (Lipinski definition) is 2. The Balaban J connectivity index is 1.54. The molecule has 2 N–H and O–H groups in total. The summed E-state index contributed by atoms with van der Waals surface area (Å²) in [5, 5.41) is 6.79. The summed E-state index contributed by atoms with van der Waals surface area (Å²) in [5.41, 5.74) is 0.287. The van der Waals surface area contributed by atoms with Crippen LogP contribution in [0.15, 0.2) is 53.7 Å². The largest absolute Gasteiger partial charge is 0.349 e. The molecule has 0 atom stereocenters. The molecule has 3 aromatic rings. The maximum atomic E-state index is 13.3. The average molecular weight is 435 g/mol. The van der Waals surface area contributed by atoms with Gasteiger partial charge in [-0.3, -0.25) is 9.52 Å². The van der Waals surface area contributed by atoms with Crippen molar-refractivity contribution < 1.29 is 22.0 Å². The number of hydrogen-bond acceptors (Lipinski definition) is 5. The van der Waals surface area contributed by atoms with Crippen LogP contribution in [0.2, 0.25) is 0 Å². The molecule has 0 spiro atoms. The summed E-state index contributed by atoms with van der Waals surface area (Å²) in [4.78, 5) is 16.9. The van der Waals surface area contributed by atoms with Crippen molar-refractivity contribution in [1.82, 2.24) is 19.9 Å². The second-order valence-electron chi connectivity index (χ2n) is 7.16. The van der Waals surface area contributed by atoms with Crippen molar-refractivity contribution in [3.05, 3.63) is 54.4 Å². The van der Waals surface area contributed by atoms with Crippen LogP contribution in [0.4, 0.5) is 14.6 Å².